The van der Waals surface area contributed by atoms with Crippen molar-refractivity contribution in [1.82, 2.24) is 9.80 Å². The molecule has 2 saturated heterocycles. The van der Waals surface area contributed by atoms with E-state index in [0.29, 0.717) is 0 Å². The molecule has 0 aromatic heterocycles. The van der Waals surface area contributed by atoms with E-state index in [9.17, 15) is 0 Å². The Labute approximate surface area is 94.6 Å². The predicted molar refractivity (Wildman–Crippen MR) is 65.1 cm³/mol. The summed E-state index contributed by atoms with van der Waals surface area (Å²) in [5, 5.41) is 0. The molecule has 2 fully saturated rings. The molecule has 2 nitrogen and oxygen atoms in total. The van der Waals surface area contributed by atoms with Crippen molar-refractivity contribution < 1.29 is 0 Å². The van der Waals surface area contributed by atoms with Crippen LogP contribution in [0.1, 0.15) is 39.5 Å². The third-order valence-electron chi connectivity index (χ3n) is 4.09. The maximum atomic E-state index is 2.68. The molecule has 0 bridgehead atoms. The number of hydrogen-bond donors (Lipinski definition) is 0. The van der Waals surface area contributed by atoms with Crippen molar-refractivity contribution in [3.63, 3.8) is 0 Å². The standard InChI is InChI=1S/C13H26N2/c1-12(2)15-9-5-13(6-10-15)11-14-7-3-4-8-14/h12-13H,3-11H2,1-2H3. The van der Waals surface area contributed by atoms with Crippen molar-refractivity contribution in [2.45, 2.75) is 45.6 Å². The lowest BCUT2D eigenvalue weighted by Crippen LogP contribution is -2.41. The first-order valence-electron chi connectivity index (χ1n) is 6.72. The number of piperidine rings is 1. The zero-order valence-corrected chi connectivity index (χ0v) is 10.4. The first-order chi connectivity index (χ1) is 7.25. The second-order valence-corrected chi connectivity index (χ2v) is 5.58. The fourth-order valence-electron chi connectivity index (χ4n) is 2.98. The van der Waals surface area contributed by atoms with Crippen LogP contribution in [0.3, 0.4) is 0 Å². The van der Waals surface area contributed by atoms with Crippen LogP contribution in [0.2, 0.25) is 0 Å². The van der Waals surface area contributed by atoms with Gasteiger partial charge in [0.05, 0.1) is 0 Å². The molecular weight excluding hydrogens is 184 g/mol. The lowest BCUT2D eigenvalue weighted by atomic mass is 9.95. The maximum Gasteiger partial charge on any atom is 0.00385 e. The molecule has 0 radical (unpaired) electrons. The highest BCUT2D eigenvalue weighted by Crippen LogP contribution is 2.21. The van der Waals surface area contributed by atoms with Crippen molar-refractivity contribution in [1.29, 1.82) is 0 Å². The van der Waals surface area contributed by atoms with Crippen molar-refractivity contribution in [3.05, 3.63) is 0 Å². The number of likely N-dealkylation sites (tertiary alicyclic amines) is 2. The number of hydrogen-bond acceptors (Lipinski definition) is 2. The Kier molecular flexibility index (Phi) is 4.04. The Bertz CT molecular complexity index is 177. The van der Waals surface area contributed by atoms with Gasteiger partial charge in [0.25, 0.3) is 0 Å². The molecule has 2 aliphatic rings. The minimum Gasteiger partial charge on any atom is -0.303 e. The molecule has 0 aliphatic carbocycles. The highest BCUT2D eigenvalue weighted by atomic mass is 15.2. The van der Waals surface area contributed by atoms with Crippen LogP contribution in [0.4, 0.5) is 0 Å². The monoisotopic (exact) mass is 210 g/mol. The van der Waals surface area contributed by atoms with E-state index in [0.717, 1.165) is 12.0 Å². The molecule has 88 valence electrons. The minimum atomic E-state index is 0.748. The van der Waals surface area contributed by atoms with Crippen molar-refractivity contribution in [2.75, 3.05) is 32.7 Å². The van der Waals surface area contributed by atoms with E-state index < -0.39 is 0 Å². The van der Waals surface area contributed by atoms with E-state index in [4.69, 9.17) is 0 Å². The maximum absolute atomic E-state index is 2.68. The lowest BCUT2D eigenvalue weighted by Gasteiger charge is -2.36. The summed E-state index contributed by atoms with van der Waals surface area (Å²) in [6.07, 6.45) is 5.72. The summed E-state index contributed by atoms with van der Waals surface area (Å²) < 4.78 is 0. The molecule has 0 unspecified atom stereocenters. The van der Waals surface area contributed by atoms with Crippen LogP contribution in [0.15, 0.2) is 0 Å². The fourth-order valence-corrected chi connectivity index (χ4v) is 2.98. The van der Waals surface area contributed by atoms with Gasteiger partial charge in [0.2, 0.25) is 0 Å². The van der Waals surface area contributed by atoms with Gasteiger partial charge in [-0.05, 0) is 71.6 Å². The molecule has 2 aliphatic heterocycles. The summed E-state index contributed by atoms with van der Waals surface area (Å²) in [4.78, 5) is 5.30. The van der Waals surface area contributed by atoms with Crippen LogP contribution < -0.4 is 0 Å². The summed E-state index contributed by atoms with van der Waals surface area (Å²) in [5.74, 6) is 0.984. The Morgan fingerprint density at radius 2 is 1.60 bits per heavy atom. The Morgan fingerprint density at radius 1 is 1.00 bits per heavy atom. The predicted octanol–water partition coefficient (Wildman–Crippen LogP) is 2.20. The van der Waals surface area contributed by atoms with Crippen molar-refractivity contribution >= 4 is 0 Å². The molecule has 15 heavy (non-hydrogen) atoms. The molecule has 0 spiro atoms. The fraction of sp³-hybridized carbons (Fsp3) is 1.00. The van der Waals surface area contributed by atoms with Crippen LogP contribution in [0, 0.1) is 5.92 Å². The quantitative estimate of drug-likeness (QED) is 0.704. The van der Waals surface area contributed by atoms with E-state index >= 15 is 0 Å². The van der Waals surface area contributed by atoms with Crippen LogP contribution in [-0.2, 0) is 0 Å². The zero-order valence-electron chi connectivity index (χ0n) is 10.4. The van der Waals surface area contributed by atoms with Gasteiger partial charge in [-0.15, -0.1) is 0 Å². The van der Waals surface area contributed by atoms with Crippen molar-refractivity contribution in [2.24, 2.45) is 5.92 Å². The van der Waals surface area contributed by atoms with Crippen LogP contribution in [-0.4, -0.2) is 48.6 Å². The Hall–Kier alpha value is -0.0800. The second kappa shape index (κ2) is 5.31. The number of rotatable bonds is 3. The summed E-state index contributed by atoms with van der Waals surface area (Å²) in [7, 11) is 0. The van der Waals surface area contributed by atoms with Crippen molar-refractivity contribution in [3.8, 4) is 0 Å². The first-order valence-corrected chi connectivity index (χ1v) is 6.72. The molecule has 0 N–H and O–H groups in total. The van der Waals surface area contributed by atoms with Gasteiger partial charge in [0.1, 0.15) is 0 Å². The van der Waals surface area contributed by atoms with Gasteiger partial charge in [-0.1, -0.05) is 0 Å². The number of nitrogens with zero attached hydrogens (tertiary/aromatic N) is 2. The average Bonchev–Trinajstić information content (AvgIpc) is 2.71. The van der Waals surface area contributed by atoms with E-state index in [1.165, 1.54) is 58.4 Å². The van der Waals surface area contributed by atoms with Gasteiger partial charge in [-0.2, -0.15) is 0 Å². The molecule has 0 atom stereocenters. The summed E-state index contributed by atoms with van der Waals surface area (Å²) in [5.41, 5.74) is 0. The van der Waals surface area contributed by atoms with Gasteiger partial charge < -0.3 is 9.80 Å². The topological polar surface area (TPSA) is 6.48 Å². The molecular formula is C13H26N2. The van der Waals surface area contributed by atoms with E-state index in [2.05, 4.69) is 23.6 Å². The lowest BCUT2D eigenvalue weighted by molar-refractivity contribution is 0.129. The summed E-state index contributed by atoms with van der Waals surface area (Å²) >= 11 is 0. The molecule has 0 amide bonds. The molecule has 0 aromatic rings. The van der Waals surface area contributed by atoms with Crippen LogP contribution in [0.5, 0.6) is 0 Å². The summed E-state index contributed by atoms with van der Waals surface area (Å²) in [6.45, 7) is 11.4. The van der Waals surface area contributed by atoms with E-state index in [-0.39, 0.29) is 0 Å². The highest BCUT2D eigenvalue weighted by molar-refractivity contribution is 4.78. The SMILES string of the molecule is CC(C)N1CCC(CN2CCCC2)CC1. The molecule has 0 saturated carbocycles. The van der Waals surface area contributed by atoms with Gasteiger partial charge in [0, 0.05) is 12.6 Å². The third-order valence-corrected chi connectivity index (χ3v) is 4.09. The second-order valence-electron chi connectivity index (χ2n) is 5.58. The van der Waals surface area contributed by atoms with Gasteiger partial charge in [-0.25, -0.2) is 0 Å². The van der Waals surface area contributed by atoms with E-state index in [1.807, 2.05) is 0 Å². The highest BCUT2D eigenvalue weighted by Gasteiger charge is 2.23. The van der Waals surface area contributed by atoms with Crippen LogP contribution in [0.25, 0.3) is 0 Å². The molecule has 2 heterocycles. The smallest absolute Gasteiger partial charge is 0.00385 e. The first kappa shape index (κ1) is 11.4. The van der Waals surface area contributed by atoms with Crippen LogP contribution >= 0.6 is 0 Å². The summed E-state index contributed by atoms with van der Waals surface area (Å²) in [6, 6.07) is 0.748. The average molecular weight is 210 g/mol. The van der Waals surface area contributed by atoms with E-state index in [1.54, 1.807) is 0 Å². The van der Waals surface area contributed by atoms with Gasteiger partial charge in [-0.3, -0.25) is 0 Å². The zero-order chi connectivity index (χ0) is 10.7. The van der Waals surface area contributed by atoms with Gasteiger partial charge >= 0.3 is 0 Å². The molecule has 2 rings (SSSR count). The molecule has 2 heteroatoms. The third kappa shape index (κ3) is 3.18. The largest absolute Gasteiger partial charge is 0.303 e. The normalized spacial score (nSPS) is 26.6. The molecule has 0 aromatic carbocycles. The minimum absolute atomic E-state index is 0.748. The van der Waals surface area contributed by atoms with Gasteiger partial charge in [0.15, 0.2) is 0 Å². The Morgan fingerprint density at radius 3 is 2.13 bits per heavy atom. The Balaban J connectivity index is 1.68.